The normalized spacial score (nSPS) is 18.0. The molecule has 0 saturated carbocycles. The number of hydrogen-bond donors (Lipinski definition) is 0. The van der Waals surface area contributed by atoms with Gasteiger partial charge >= 0.3 is 0 Å². The Labute approximate surface area is 175 Å². The largest absolute Gasteiger partial charge is 1.00 e. The summed E-state index contributed by atoms with van der Waals surface area (Å²) in [6.07, 6.45) is 0.984. The summed E-state index contributed by atoms with van der Waals surface area (Å²) in [7, 11) is 6.95. The van der Waals surface area contributed by atoms with Crippen molar-refractivity contribution < 1.29 is 21.5 Å². The average molecular weight is 473 g/mol. The van der Waals surface area contributed by atoms with Gasteiger partial charge in [-0.3, -0.25) is 0 Å². The minimum Gasteiger partial charge on any atom is -1.00 e. The van der Waals surface area contributed by atoms with E-state index >= 15 is 0 Å². The molecule has 0 aromatic heterocycles. The van der Waals surface area contributed by atoms with Crippen LogP contribution in [-0.4, -0.2) is 25.6 Å². The SMILES string of the molecule is C[N+](C)(C)C1(Cc2ccccc2)c2ccccc2-c2ccc(Br)cc21.[Br-]. The molecule has 1 nitrogen and oxygen atoms in total. The van der Waals surface area contributed by atoms with Crippen LogP contribution in [0.4, 0.5) is 0 Å². The molecule has 0 saturated heterocycles. The van der Waals surface area contributed by atoms with E-state index in [0.717, 1.165) is 15.4 Å². The predicted octanol–water partition coefficient (Wildman–Crippen LogP) is 2.63. The van der Waals surface area contributed by atoms with E-state index in [1.165, 1.54) is 27.8 Å². The topological polar surface area (TPSA) is 0 Å². The van der Waals surface area contributed by atoms with Gasteiger partial charge in [0.15, 0.2) is 5.54 Å². The van der Waals surface area contributed by atoms with Crippen LogP contribution in [0.25, 0.3) is 11.1 Å². The number of fused-ring (bicyclic) bond motifs is 3. The van der Waals surface area contributed by atoms with Crippen LogP contribution in [0, 0.1) is 0 Å². The second kappa shape index (κ2) is 6.95. The third-order valence-corrected chi connectivity index (χ3v) is 6.03. The number of halogens is 2. The van der Waals surface area contributed by atoms with Gasteiger partial charge in [0, 0.05) is 22.0 Å². The summed E-state index contributed by atoms with van der Waals surface area (Å²) in [6.45, 7) is 0. The van der Waals surface area contributed by atoms with Gasteiger partial charge in [-0.1, -0.05) is 76.6 Å². The Bertz CT molecular complexity index is 928. The first kappa shape index (κ1) is 19.3. The van der Waals surface area contributed by atoms with Crippen LogP contribution in [-0.2, 0) is 12.0 Å². The molecular formula is C23H23Br2N. The Morgan fingerprint density at radius 2 is 1.38 bits per heavy atom. The molecule has 0 radical (unpaired) electrons. The van der Waals surface area contributed by atoms with E-state index in [4.69, 9.17) is 0 Å². The number of nitrogens with zero attached hydrogens (tertiary/aromatic N) is 1. The van der Waals surface area contributed by atoms with Crippen LogP contribution in [0.3, 0.4) is 0 Å². The highest BCUT2D eigenvalue weighted by Gasteiger charge is 2.52. The van der Waals surface area contributed by atoms with E-state index in [0.29, 0.717) is 0 Å². The van der Waals surface area contributed by atoms with Crippen molar-refractivity contribution in [2.75, 3.05) is 21.1 Å². The lowest BCUT2D eigenvalue weighted by molar-refractivity contribution is -0.924. The maximum atomic E-state index is 3.71. The predicted molar refractivity (Wildman–Crippen MR) is 109 cm³/mol. The Balaban J connectivity index is 0.00000196. The van der Waals surface area contributed by atoms with E-state index in [1.54, 1.807) is 0 Å². The lowest BCUT2D eigenvalue weighted by Crippen LogP contribution is -3.00. The molecule has 0 fully saturated rings. The van der Waals surface area contributed by atoms with E-state index in [-0.39, 0.29) is 22.5 Å². The molecule has 1 unspecified atom stereocenters. The van der Waals surface area contributed by atoms with Crippen LogP contribution in [0.2, 0.25) is 0 Å². The molecule has 0 amide bonds. The summed E-state index contributed by atoms with van der Waals surface area (Å²) in [5.41, 5.74) is 6.85. The van der Waals surface area contributed by atoms with Crippen molar-refractivity contribution in [3.63, 3.8) is 0 Å². The summed E-state index contributed by atoms with van der Waals surface area (Å²) in [5.74, 6) is 0. The van der Waals surface area contributed by atoms with E-state index < -0.39 is 0 Å². The number of hydrogen-bond acceptors (Lipinski definition) is 0. The molecule has 0 aliphatic heterocycles. The molecule has 3 aromatic carbocycles. The molecule has 1 atom stereocenters. The first-order valence-electron chi connectivity index (χ1n) is 8.69. The lowest BCUT2D eigenvalue weighted by Gasteiger charge is -2.45. The van der Waals surface area contributed by atoms with Gasteiger partial charge in [0.05, 0.1) is 21.1 Å². The van der Waals surface area contributed by atoms with Crippen LogP contribution in [0.15, 0.2) is 77.3 Å². The zero-order valence-corrected chi connectivity index (χ0v) is 18.5. The Morgan fingerprint density at radius 1 is 0.769 bits per heavy atom. The fraction of sp³-hybridized carbons (Fsp3) is 0.217. The van der Waals surface area contributed by atoms with E-state index in [9.17, 15) is 0 Å². The standard InChI is InChI=1S/C23H23BrN.BrH/c1-25(2,3)23(16-17-9-5-4-6-10-17)21-12-8-7-11-19(21)20-14-13-18(24)15-22(20)23;/h4-15H,16H2,1-3H3;1H/q+1;/p-1. The molecule has 4 rings (SSSR count). The third kappa shape index (κ3) is 2.87. The molecule has 134 valence electrons. The zero-order chi connectivity index (χ0) is 17.7. The second-order valence-electron chi connectivity index (χ2n) is 7.77. The van der Waals surface area contributed by atoms with Crippen molar-refractivity contribution >= 4 is 15.9 Å². The second-order valence-corrected chi connectivity index (χ2v) is 8.69. The maximum absolute atomic E-state index is 3.71. The summed E-state index contributed by atoms with van der Waals surface area (Å²) in [5, 5.41) is 0. The minimum absolute atomic E-state index is 0. The smallest absolute Gasteiger partial charge is 0.155 e. The number of benzene rings is 3. The van der Waals surface area contributed by atoms with Crippen molar-refractivity contribution in [3.8, 4) is 11.1 Å². The van der Waals surface area contributed by atoms with Gasteiger partial charge < -0.3 is 21.5 Å². The van der Waals surface area contributed by atoms with Crippen LogP contribution >= 0.6 is 15.9 Å². The Hall–Kier alpha value is -1.42. The van der Waals surface area contributed by atoms with Crippen LogP contribution in [0.5, 0.6) is 0 Å². The van der Waals surface area contributed by atoms with Gasteiger partial charge in [-0.2, -0.15) is 0 Å². The fourth-order valence-corrected chi connectivity index (χ4v) is 4.72. The Morgan fingerprint density at radius 3 is 2.08 bits per heavy atom. The van der Waals surface area contributed by atoms with Crippen molar-refractivity contribution in [3.05, 3.63) is 94.0 Å². The fourth-order valence-electron chi connectivity index (χ4n) is 4.36. The molecule has 3 aromatic rings. The van der Waals surface area contributed by atoms with Crippen molar-refractivity contribution in [1.82, 2.24) is 0 Å². The van der Waals surface area contributed by atoms with Gasteiger partial charge in [0.25, 0.3) is 0 Å². The van der Waals surface area contributed by atoms with Crippen LogP contribution < -0.4 is 17.0 Å². The summed E-state index contributed by atoms with van der Waals surface area (Å²) < 4.78 is 1.99. The van der Waals surface area contributed by atoms with Gasteiger partial charge in [-0.05, 0) is 28.8 Å². The highest BCUT2D eigenvalue weighted by molar-refractivity contribution is 9.10. The first-order valence-corrected chi connectivity index (χ1v) is 9.48. The van der Waals surface area contributed by atoms with E-state index in [1.807, 2.05) is 0 Å². The molecule has 0 spiro atoms. The molecule has 26 heavy (non-hydrogen) atoms. The molecule has 0 heterocycles. The highest BCUT2D eigenvalue weighted by Crippen LogP contribution is 2.54. The zero-order valence-electron chi connectivity index (χ0n) is 15.3. The van der Waals surface area contributed by atoms with Gasteiger partial charge in [0.1, 0.15) is 0 Å². The third-order valence-electron chi connectivity index (χ3n) is 5.54. The Kier molecular flexibility index (Phi) is 5.17. The molecule has 3 heteroatoms. The minimum atomic E-state index is -0.100. The van der Waals surface area contributed by atoms with Crippen LogP contribution in [0.1, 0.15) is 16.7 Å². The number of quaternary nitrogens is 1. The van der Waals surface area contributed by atoms with Crippen molar-refractivity contribution in [2.45, 2.75) is 12.0 Å². The monoisotopic (exact) mass is 471 g/mol. The number of likely N-dealkylation sites (N-methyl/N-ethyl adjacent to an activating group) is 1. The summed E-state index contributed by atoms with van der Waals surface area (Å²) in [6, 6.07) is 26.5. The maximum Gasteiger partial charge on any atom is 0.155 e. The van der Waals surface area contributed by atoms with Crippen molar-refractivity contribution in [2.24, 2.45) is 0 Å². The summed E-state index contributed by atoms with van der Waals surface area (Å²) >= 11 is 3.71. The first-order chi connectivity index (χ1) is 11.9. The van der Waals surface area contributed by atoms with Gasteiger partial charge in [-0.15, -0.1) is 0 Å². The van der Waals surface area contributed by atoms with Gasteiger partial charge in [0.2, 0.25) is 0 Å². The lowest BCUT2D eigenvalue weighted by atomic mass is 9.79. The van der Waals surface area contributed by atoms with E-state index in [2.05, 4.69) is 110 Å². The van der Waals surface area contributed by atoms with Crippen molar-refractivity contribution in [1.29, 1.82) is 0 Å². The molecule has 1 aliphatic carbocycles. The highest BCUT2D eigenvalue weighted by atomic mass is 79.9. The average Bonchev–Trinajstić information content (AvgIpc) is 2.86. The number of rotatable bonds is 3. The molecular weight excluding hydrogens is 450 g/mol. The quantitative estimate of drug-likeness (QED) is 0.514. The molecule has 1 aliphatic rings. The molecule has 0 N–H and O–H groups in total. The molecule has 0 bridgehead atoms. The summed E-state index contributed by atoms with van der Waals surface area (Å²) in [4.78, 5) is 0. The van der Waals surface area contributed by atoms with Gasteiger partial charge in [-0.25, -0.2) is 0 Å².